The molecule has 2 rings (SSSR count). The molecule has 1 aliphatic rings. The molecule has 1 aromatic carbocycles. The Bertz CT molecular complexity index is 443. The van der Waals surface area contributed by atoms with E-state index in [0.29, 0.717) is 0 Å². The second-order valence-corrected chi connectivity index (χ2v) is 6.20. The topological polar surface area (TPSA) is 33.7 Å². The van der Waals surface area contributed by atoms with E-state index in [2.05, 4.69) is 22.3 Å². The Hall–Kier alpha value is -1.26. The number of hydrogen-bond acceptors (Lipinski definition) is 4. The minimum Gasteiger partial charge on any atom is -0.493 e. The van der Waals surface area contributed by atoms with Crippen LogP contribution in [-0.2, 0) is 6.42 Å². The lowest BCUT2D eigenvalue weighted by atomic mass is 10.1. The van der Waals surface area contributed by atoms with Crippen LogP contribution in [0.1, 0.15) is 32.3 Å². The molecular formula is C18H30N2O2. The van der Waals surface area contributed by atoms with Gasteiger partial charge in [0.05, 0.1) is 13.2 Å². The molecule has 4 nitrogen and oxygen atoms in total. The molecule has 0 aliphatic carbocycles. The monoisotopic (exact) mass is 306 g/mol. The minimum absolute atomic E-state index is 0.166. The van der Waals surface area contributed by atoms with Gasteiger partial charge < -0.3 is 19.7 Å². The number of rotatable bonds is 8. The van der Waals surface area contributed by atoms with Crippen LogP contribution in [0.25, 0.3) is 0 Å². The molecule has 1 saturated heterocycles. The number of ether oxygens (including phenoxy) is 2. The average molecular weight is 306 g/mol. The van der Waals surface area contributed by atoms with E-state index in [-0.39, 0.29) is 6.10 Å². The normalized spacial score (nSPS) is 16.0. The molecule has 0 bridgehead atoms. The maximum atomic E-state index is 5.76. The lowest BCUT2D eigenvalue weighted by molar-refractivity contribution is 0.230. The highest BCUT2D eigenvalue weighted by Gasteiger charge is 2.09. The Labute approximate surface area is 134 Å². The van der Waals surface area contributed by atoms with Crippen molar-refractivity contribution in [2.24, 2.45) is 0 Å². The van der Waals surface area contributed by atoms with Crippen LogP contribution in [-0.4, -0.2) is 50.8 Å². The summed E-state index contributed by atoms with van der Waals surface area (Å²) in [6, 6.07) is 6.30. The summed E-state index contributed by atoms with van der Waals surface area (Å²) in [6.07, 6.45) is 3.74. The number of aryl methyl sites for hydroxylation is 1. The van der Waals surface area contributed by atoms with E-state index in [1.54, 1.807) is 7.11 Å². The summed E-state index contributed by atoms with van der Waals surface area (Å²) in [7, 11) is 1.71. The maximum Gasteiger partial charge on any atom is 0.161 e. The molecule has 0 aromatic heterocycles. The van der Waals surface area contributed by atoms with Crippen LogP contribution >= 0.6 is 0 Å². The van der Waals surface area contributed by atoms with Crippen molar-refractivity contribution in [2.45, 2.75) is 39.2 Å². The fraction of sp³-hybridized carbons (Fsp3) is 0.667. The van der Waals surface area contributed by atoms with Crippen LogP contribution in [0, 0.1) is 0 Å². The summed E-state index contributed by atoms with van der Waals surface area (Å²) in [5.41, 5.74) is 1.33. The smallest absolute Gasteiger partial charge is 0.161 e. The predicted octanol–water partition coefficient (Wildman–Crippen LogP) is 2.71. The number of hydrogen-bond donors (Lipinski definition) is 1. The van der Waals surface area contributed by atoms with E-state index in [1.165, 1.54) is 38.0 Å². The van der Waals surface area contributed by atoms with E-state index < -0.39 is 0 Å². The molecule has 1 aliphatic heterocycles. The highest BCUT2D eigenvalue weighted by molar-refractivity contribution is 5.43. The Morgan fingerprint density at radius 1 is 1.14 bits per heavy atom. The second-order valence-electron chi connectivity index (χ2n) is 6.20. The van der Waals surface area contributed by atoms with Gasteiger partial charge in [-0.3, -0.25) is 0 Å². The summed E-state index contributed by atoms with van der Waals surface area (Å²) in [4.78, 5) is 2.55. The third-order valence-electron chi connectivity index (χ3n) is 3.99. The first kappa shape index (κ1) is 17.1. The zero-order valence-corrected chi connectivity index (χ0v) is 14.2. The van der Waals surface area contributed by atoms with E-state index >= 15 is 0 Å². The van der Waals surface area contributed by atoms with E-state index in [0.717, 1.165) is 31.0 Å². The van der Waals surface area contributed by atoms with Crippen molar-refractivity contribution >= 4 is 0 Å². The van der Waals surface area contributed by atoms with Gasteiger partial charge in [-0.1, -0.05) is 6.07 Å². The number of methoxy groups -OCH3 is 1. The zero-order valence-electron chi connectivity index (χ0n) is 14.2. The van der Waals surface area contributed by atoms with E-state index in [9.17, 15) is 0 Å². The third kappa shape index (κ3) is 5.50. The van der Waals surface area contributed by atoms with E-state index in [1.807, 2.05) is 19.9 Å². The predicted molar refractivity (Wildman–Crippen MR) is 91.0 cm³/mol. The van der Waals surface area contributed by atoms with Crippen molar-refractivity contribution in [3.8, 4) is 11.5 Å². The Kier molecular flexibility index (Phi) is 7.00. The van der Waals surface area contributed by atoms with Crippen LogP contribution in [0.4, 0.5) is 0 Å². The molecule has 1 fully saturated rings. The summed E-state index contributed by atoms with van der Waals surface area (Å²) < 4.78 is 11.2. The highest BCUT2D eigenvalue weighted by Crippen LogP contribution is 2.29. The van der Waals surface area contributed by atoms with Gasteiger partial charge in [0.25, 0.3) is 0 Å². The Balaban J connectivity index is 1.77. The molecule has 0 radical (unpaired) electrons. The molecule has 4 heteroatoms. The molecule has 22 heavy (non-hydrogen) atoms. The van der Waals surface area contributed by atoms with E-state index in [4.69, 9.17) is 9.47 Å². The molecule has 0 unspecified atom stereocenters. The van der Waals surface area contributed by atoms with Crippen molar-refractivity contribution < 1.29 is 9.47 Å². The number of unbranched alkanes of at least 4 members (excludes halogenated alkanes) is 1. The molecule has 0 atom stereocenters. The summed E-state index contributed by atoms with van der Waals surface area (Å²) in [5.74, 6) is 1.68. The van der Waals surface area contributed by atoms with Gasteiger partial charge in [0.15, 0.2) is 11.5 Å². The SMILES string of the molecule is COc1cc(CCCCN2CCNCC2)ccc1OC(C)C. The minimum atomic E-state index is 0.166. The molecule has 0 spiro atoms. The number of benzene rings is 1. The van der Waals surface area contributed by atoms with Crippen molar-refractivity contribution in [2.75, 3.05) is 39.8 Å². The molecule has 1 heterocycles. The van der Waals surface area contributed by atoms with Crippen molar-refractivity contribution in [1.82, 2.24) is 10.2 Å². The molecule has 1 aromatic rings. The Morgan fingerprint density at radius 3 is 2.59 bits per heavy atom. The molecular weight excluding hydrogens is 276 g/mol. The standard InChI is InChI=1S/C18H30N2O2/c1-15(2)22-17-8-7-16(14-18(17)21-3)6-4-5-11-20-12-9-19-10-13-20/h7-8,14-15,19H,4-6,9-13H2,1-3H3. The van der Waals surface area contributed by atoms with Gasteiger partial charge in [0.1, 0.15) is 0 Å². The lowest BCUT2D eigenvalue weighted by Crippen LogP contribution is -2.43. The van der Waals surface area contributed by atoms with Crippen LogP contribution in [0.15, 0.2) is 18.2 Å². The van der Waals surface area contributed by atoms with Crippen LogP contribution in [0.5, 0.6) is 11.5 Å². The van der Waals surface area contributed by atoms with Gasteiger partial charge in [-0.25, -0.2) is 0 Å². The maximum absolute atomic E-state index is 5.76. The van der Waals surface area contributed by atoms with Crippen LogP contribution in [0.2, 0.25) is 0 Å². The molecule has 1 N–H and O–H groups in total. The quantitative estimate of drug-likeness (QED) is 0.749. The second kappa shape index (κ2) is 9.01. The summed E-state index contributed by atoms with van der Waals surface area (Å²) in [5, 5.41) is 3.39. The van der Waals surface area contributed by atoms with Gasteiger partial charge in [-0.05, 0) is 57.4 Å². The zero-order chi connectivity index (χ0) is 15.8. The molecule has 124 valence electrons. The Morgan fingerprint density at radius 2 is 1.91 bits per heavy atom. The van der Waals surface area contributed by atoms with Crippen molar-refractivity contribution in [3.63, 3.8) is 0 Å². The van der Waals surface area contributed by atoms with Crippen LogP contribution in [0.3, 0.4) is 0 Å². The van der Waals surface area contributed by atoms with Gasteiger partial charge >= 0.3 is 0 Å². The largest absolute Gasteiger partial charge is 0.493 e. The average Bonchev–Trinajstić information content (AvgIpc) is 2.53. The van der Waals surface area contributed by atoms with Crippen molar-refractivity contribution in [3.05, 3.63) is 23.8 Å². The van der Waals surface area contributed by atoms with Crippen molar-refractivity contribution in [1.29, 1.82) is 0 Å². The number of piperazine rings is 1. The fourth-order valence-corrected chi connectivity index (χ4v) is 2.82. The first-order valence-electron chi connectivity index (χ1n) is 8.45. The number of nitrogens with one attached hydrogen (secondary N) is 1. The van der Waals surface area contributed by atoms with Gasteiger partial charge in [0.2, 0.25) is 0 Å². The summed E-state index contributed by atoms with van der Waals surface area (Å²) in [6.45, 7) is 9.92. The number of nitrogens with zero attached hydrogens (tertiary/aromatic N) is 1. The molecule has 0 saturated carbocycles. The molecule has 0 amide bonds. The third-order valence-corrected chi connectivity index (χ3v) is 3.99. The highest BCUT2D eigenvalue weighted by atomic mass is 16.5. The first-order valence-corrected chi connectivity index (χ1v) is 8.45. The van der Waals surface area contributed by atoms with Crippen LogP contribution < -0.4 is 14.8 Å². The fourth-order valence-electron chi connectivity index (χ4n) is 2.82. The van der Waals surface area contributed by atoms with Gasteiger partial charge in [-0.15, -0.1) is 0 Å². The van der Waals surface area contributed by atoms with Gasteiger partial charge in [-0.2, -0.15) is 0 Å². The lowest BCUT2D eigenvalue weighted by Gasteiger charge is -2.27. The first-order chi connectivity index (χ1) is 10.7. The van der Waals surface area contributed by atoms with Gasteiger partial charge in [0, 0.05) is 26.2 Å². The summed E-state index contributed by atoms with van der Waals surface area (Å²) >= 11 is 0.